The summed E-state index contributed by atoms with van der Waals surface area (Å²) in [6.07, 6.45) is 0.740. The lowest BCUT2D eigenvalue weighted by Crippen LogP contribution is -2.42. The Kier molecular flexibility index (Phi) is 6.31. The van der Waals surface area contributed by atoms with Crippen LogP contribution in [0.5, 0.6) is 0 Å². The minimum Gasteiger partial charge on any atom is -0.459 e. The van der Waals surface area contributed by atoms with E-state index in [2.05, 4.69) is 4.98 Å². The summed E-state index contributed by atoms with van der Waals surface area (Å²) >= 11 is 0. The number of aromatic nitrogens is 1. The van der Waals surface area contributed by atoms with E-state index in [4.69, 9.17) is 9.47 Å². The summed E-state index contributed by atoms with van der Waals surface area (Å²) in [7, 11) is 0. The van der Waals surface area contributed by atoms with Gasteiger partial charge in [0.1, 0.15) is 23.6 Å². The molecule has 0 aromatic carbocycles. The van der Waals surface area contributed by atoms with Gasteiger partial charge in [0.15, 0.2) is 0 Å². The lowest BCUT2D eigenvalue weighted by atomic mass is 10.2. The predicted octanol–water partition coefficient (Wildman–Crippen LogP) is 2.66. The van der Waals surface area contributed by atoms with Crippen molar-refractivity contribution >= 4 is 17.9 Å². The van der Waals surface area contributed by atoms with Crippen molar-refractivity contribution in [2.75, 3.05) is 11.4 Å². The number of hydrogen-bond donors (Lipinski definition) is 1. The molecule has 0 aliphatic rings. The van der Waals surface area contributed by atoms with Crippen molar-refractivity contribution in [2.24, 2.45) is 0 Å². The first-order valence-electron chi connectivity index (χ1n) is 7.69. The van der Waals surface area contributed by atoms with Gasteiger partial charge in [-0.2, -0.15) is 0 Å². The summed E-state index contributed by atoms with van der Waals surface area (Å²) in [4.78, 5) is 29.8. The van der Waals surface area contributed by atoms with Crippen LogP contribution in [0.4, 0.5) is 10.6 Å². The molecule has 1 aromatic heterocycles. The van der Waals surface area contributed by atoms with Gasteiger partial charge in [-0.3, -0.25) is 9.69 Å². The van der Waals surface area contributed by atoms with E-state index in [9.17, 15) is 14.7 Å². The van der Waals surface area contributed by atoms with Crippen molar-refractivity contribution in [3.8, 4) is 0 Å². The fourth-order valence-corrected chi connectivity index (χ4v) is 1.77. The molecule has 134 valence electrons. The van der Waals surface area contributed by atoms with Gasteiger partial charge in [0.25, 0.3) is 0 Å². The standard InChI is InChI=1S/C17H26N2O5/c1-16(2,3)23-14(21)10-19(15(22)24-17(4,5)6)13-9-12(11-20)7-8-18-13/h7-9,20H,10-11H2,1-6H3. The Hall–Kier alpha value is -2.15. The highest BCUT2D eigenvalue weighted by Crippen LogP contribution is 2.18. The zero-order valence-corrected chi connectivity index (χ0v) is 15.1. The molecule has 1 heterocycles. The normalized spacial score (nSPS) is 11.8. The Morgan fingerprint density at radius 1 is 1.12 bits per heavy atom. The van der Waals surface area contributed by atoms with Gasteiger partial charge in [-0.05, 0) is 59.2 Å². The van der Waals surface area contributed by atoms with Gasteiger partial charge in [0.05, 0.1) is 6.61 Å². The van der Waals surface area contributed by atoms with Crippen LogP contribution < -0.4 is 4.90 Å². The number of rotatable bonds is 4. The molecule has 0 spiro atoms. The molecule has 7 heteroatoms. The Bertz CT molecular complexity index is 587. The minimum absolute atomic E-state index is 0.204. The van der Waals surface area contributed by atoms with Gasteiger partial charge in [-0.15, -0.1) is 0 Å². The average molecular weight is 338 g/mol. The first-order chi connectivity index (χ1) is 10.9. The third-order valence-corrected chi connectivity index (χ3v) is 2.59. The number of hydrogen-bond acceptors (Lipinski definition) is 6. The number of aliphatic hydroxyl groups is 1. The van der Waals surface area contributed by atoms with E-state index in [0.717, 1.165) is 4.90 Å². The number of nitrogens with zero attached hydrogens (tertiary/aromatic N) is 2. The van der Waals surface area contributed by atoms with Crippen molar-refractivity contribution in [1.82, 2.24) is 4.98 Å². The molecule has 0 unspecified atom stereocenters. The fourth-order valence-electron chi connectivity index (χ4n) is 1.77. The molecular weight excluding hydrogens is 312 g/mol. The first kappa shape index (κ1) is 19.9. The Balaban J connectivity index is 3.07. The zero-order valence-electron chi connectivity index (χ0n) is 15.1. The molecule has 1 amide bonds. The van der Waals surface area contributed by atoms with Crippen LogP contribution in [-0.2, 0) is 20.9 Å². The predicted molar refractivity (Wildman–Crippen MR) is 89.6 cm³/mol. The molecule has 0 fully saturated rings. The van der Waals surface area contributed by atoms with Gasteiger partial charge in [-0.25, -0.2) is 9.78 Å². The van der Waals surface area contributed by atoms with Crippen LogP contribution >= 0.6 is 0 Å². The van der Waals surface area contributed by atoms with Crippen LogP contribution in [0.25, 0.3) is 0 Å². The minimum atomic E-state index is -0.724. The van der Waals surface area contributed by atoms with Crippen molar-refractivity contribution in [3.05, 3.63) is 23.9 Å². The van der Waals surface area contributed by atoms with Crippen molar-refractivity contribution in [3.63, 3.8) is 0 Å². The molecule has 0 aliphatic heterocycles. The number of pyridine rings is 1. The van der Waals surface area contributed by atoms with E-state index < -0.39 is 23.3 Å². The maximum atomic E-state index is 12.5. The third kappa shape index (κ3) is 6.95. The molecule has 24 heavy (non-hydrogen) atoms. The van der Waals surface area contributed by atoms with E-state index in [0.29, 0.717) is 5.56 Å². The Morgan fingerprint density at radius 3 is 2.21 bits per heavy atom. The maximum absolute atomic E-state index is 12.5. The average Bonchev–Trinajstić information content (AvgIpc) is 2.41. The second kappa shape index (κ2) is 7.61. The highest BCUT2D eigenvalue weighted by atomic mass is 16.6. The number of carbonyl (C=O) groups excluding carboxylic acids is 2. The smallest absolute Gasteiger partial charge is 0.416 e. The highest BCUT2D eigenvalue weighted by molar-refractivity contribution is 5.92. The first-order valence-corrected chi connectivity index (χ1v) is 7.69. The number of esters is 1. The summed E-state index contributed by atoms with van der Waals surface area (Å²) in [5.41, 5.74) is -0.827. The molecule has 7 nitrogen and oxygen atoms in total. The molecule has 0 aliphatic carbocycles. The van der Waals surface area contributed by atoms with Gasteiger partial charge in [-0.1, -0.05) is 0 Å². The van der Waals surface area contributed by atoms with Crippen LogP contribution in [-0.4, -0.2) is 39.9 Å². The number of ether oxygens (including phenoxy) is 2. The van der Waals surface area contributed by atoms with Gasteiger partial charge >= 0.3 is 12.1 Å². The van der Waals surface area contributed by atoms with E-state index in [1.807, 2.05) is 0 Å². The lowest BCUT2D eigenvalue weighted by Gasteiger charge is -2.27. The van der Waals surface area contributed by atoms with Gasteiger partial charge in [0, 0.05) is 6.20 Å². The third-order valence-electron chi connectivity index (χ3n) is 2.59. The lowest BCUT2D eigenvalue weighted by molar-refractivity contribution is -0.153. The largest absolute Gasteiger partial charge is 0.459 e. The van der Waals surface area contributed by atoms with E-state index in [1.165, 1.54) is 12.3 Å². The summed E-state index contributed by atoms with van der Waals surface area (Å²) in [6.45, 7) is 9.88. The summed E-state index contributed by atoms with van der Waals surface area (Å²) < 4.78 is 10.6. The van der Waals surface area contributed by atoms with Crippen LogP contribution in [0.1, 0.15) is 47.1 Å². The molecule has 1 aromatic rings. The molecule has 0 bridgehead atoms. The SMILES string of the molecule is CC(C)(C)OC(=O)CN(C(=O)OC(C)(C)C)c1cc(CO)ccn1. The van der Waals surface area contributed by atoms with E-state index >= 15 is 0 Å². The van der Waals surface area contributed by atoms with Crippen LogP contribution in [0, 0.1) is 0 Å². The molecule has 0 saturated heterocycles. The summed E-state index contributed by atoms with van der Waals surface area (Å²) in [5, 5.41) is 9.25. The van der Waals surface area contributed by atoms with Gasteiger partial charge < -0.3 is 14.6 Å². The summed E-state index contributed by atoms with van der Waals surface area (Å²) in [6, 6.07) is 3.14. The number of amides is 1. The number of carbonyl (C=O) groups is 2. The van der Waals surface area contributed by atoms with Crippen LogP contribution in [0.3, 0.4) is 0 Å². The van der Waals surface area contributed by atoms with E-state index in [-0.39, 0.29) is 19.0 Å². The number of anilines is 1. The number of aliphatic hydroxyl groups excluding tert-OH is 1. The molecule has 0 saturated carbocycles. The maximum Gasteiger partial charge on any atom is 0.416 e. The van der Waals surface area contributed by atoms with Crippen molar-refractivity contribution in [2.45, 2.75) is 59.4 Å². The Morgan fingerprint density at radius 2 is 1.71 bits per heavy atom. The molecule has 1 rings (SSSR count). The van der Waals surface area contributed by atoms with Crippen molar-refractivity contribution < 1.29 is 24.2 Å². The zero-order chi connectivity index (χ0) is 18.5. The van der Waals surface area contributed by atoms with Gasteiger partial charge in [0.2, 0.25) is 0 Å². The molecule has 1 N–H and O–H groups in total. The fraction of sp³-hybridized carbons (Fsp3) is 0.588. The molecular formula is C17H26N2O5. The van der Waals surface area contributed by atoms with Crippen LogP contribution in [0.2, 0.25) is 0 Å². The highest BCUT2D eigenvalue weighted by Gasteiger charge is 2.28. The Labute approximate surface area is 142 Å². The topological polar surface area (TPSA) is 89.0 Å². The monoisotopic (exact) mass is 338 g/mol. The molecule has 0 radical (unpaired) electrons. The van der Waals surface area contributed by atoms with E-state index in [1.54, 1.807) is 47.6 Å². The molecule has 0 atom stereocenters. The van der Waals surface area contributed by atoms with Crippen LogP contribution in [0.15, 0.2) is 18.3 Å². The summed E-state index contributed by atoms with van der Waals surface area (Å²) in [5.74, 6) is -0.369. The quantitative estimate of drug-likeness (QED) is 0.849. The second-order valence-corrected chi connectivity index (χ2v) is 7.33. The second-order valence-electron chi connectivity index (χ2n) is 7.33. The van der Waals surface area contributed by atoms with Crippen molar-refractivity contribution in [1.29, 1.82) is 0 Å².